The van der Waals surface area contributed by atoms with E-state index in [9.17, 15) is 9.18 Å². The van der Waals surface area contributed by atoms with Gasteiger partial charge >= 0.3 is 5.97 Å². The number of nitrogens with one attached hydrogen (secondary N) is 1. The number of fused-ring (bicyclic) bond motifs is 1. The molecule has 0 aliphatic carbocycles. The zero-order chi connectivity index (χ0) is 11.7. The van der Waals surface area contributed by atoms with Gasteiger partial charge in [0.15, 0.2) is 0 Å². The second-order valence-electron chi connectivity index (χ2n) is 3.91. The predicted octanol–water partition coefficient (Wildman–Crippen LogP) is 2.89. The molecule has 16 heavy (non-hydrogen) atoms. The number of carboxylic acid groups (broad SMARTS) is 1. The van der Waals surface area contributed by atoms with E-state index in [4.69, 9.17) is 5.11 Å². The van der Waals surface area contributed by atoms with Crippen molar-refractivity contribution < 1.29 is 14.3 Å². The van der Waals surface area contributed by atoms with Crippen molar-refractivity contribution in [2.45, 2.75) is 19.3 Å². The van der Waals surface area contributed by atoms with Crippen LogP contribution in [-0.2, 0) is 4.79 Å². The Balaban J connectivity index is 2.46. The summed E-state index contributed by atoms with van der Waals surface area (Å²) in [7, 11) is 0. The van der Waals surface area contributed by atoms with Crippen LogP contribution in [0.15, 0.2) is 24.4 Å². The first-order valence-corrected chi connectivity index (χ1v) is 5.07. The van der Waals surface area contributed by atoms with Gasteiger partial charge in [-0.1, -0.05) is 19.1 Å². The predicted molar refractivity (Wildman–Crippen MR) is 58.9 cm³/mol. The molecule has 1 heterocycles. The average molecular weight is 221 g/mol. The molecule has 0 saturated heterocycles. The molecule has 1 unspecified atom stereocenters. The van der Waals surface area contributed by atoms with E-state index in [0.717, 1.165) is 10.9 Å². The Bertz CT molecular complexity index is 533. The van der Waals surface area contributed by atoms with Crippen LogP contribution in [0.25, 0.3) is 10.9 Å². The number of halogens is 1. The summed E-state index contributed by atoms with van der Waals surface area (Å²) >= 11 is 0. The van der Waals surface area contributed by atoms with Crippen molar-refractivity contribution >= 4 is 16.9 Å². The van der Waals surface area contributed by atoms with E-state index < -0.39 is 5.97 Å². The lowest BCUT2D eigenvalue weighted by Crippen LogP contribution is -2.02. The van der Waals surface area contributed by atoms with Gasteiger partial charge in [0.1, 0.15) is 5.82 Å². The van der Waals surface area contributed by atoms with Gasteiger partial charge in [-0.25, -0.2) is 4.39 Å². The molecule has 0 aliphatic heterocycles. The minimum absolute atomic E-state index is 0.0451. The third kappa shape index (κ3) is 1.78. The standard InChI is InChI=1S/C12H12FNO2/c1-7(5-11(15)16)9-6-14-12-8(9)3-2-4-10(12)13/h2-4,6-7,14H,5H2,1H3,(H,15,16). The van der Waals surface area contributed by atoms with Crippen molar-refractivity contribution in [3.05, 3.63) is 35.8 Å². The Morgan fingerprint density at radius 3 is 3.00 bits per heavy atom. The molecule has 0 bridgehead atoms. The molecule has 4 heteroatoms. The highest BCUT2D eigenvalue weighted by Gasteiger charge is 2.15. The van der Waals surface area contributed by atoms with Gasteiger partial charge in [-0.15, -0.1) is 0 Å². The maximum Gasteiger partial charge on any atom is 0.303 e. The van der Waals surface area contributed by atoms with Gasteiger partial charge in [-0.2, -0.15) is 0 Å². The van der Waals surface area contributed by atoms with Crippen molar-refractivity contribution in [3.63, 3.8) is 0 Å². The number of carboxylic acids is 1. The van der Waals surface area contributed by atoms with Crippen LogP contribution in [-0.4, -0.2) is 16.1 Å². The van der Waals surface area contributed by atoms with Gasteiger partial charge in [0.25, 0.3) is 0 Å². The van der Waals surface area contributed by atoms with Crippen LogP contribution in [0.2, 0.25) is 0 Å². The zero-order valence-corrected chi connectivity index (χ0v) is 8.83. The second-order valence-corrected chi connectivity index (χ2v) is 3.91. The number of hydrogen-bond donors (Lipinski definition) is 2. The van der Waals surface area contributed by atoms with Crippen LogP contribution in [0, 0.1) is 5.82 Å². The molecule has 0 aliphatic rings. The fraction of sp³-hybridized carbons (Fsp3) is 0.250. The monoisotopic (exact) mass is 221 g/mol. The van der Waals surface area contributed by atoms with E-state index in [-0.39, 0.29) is 18.2 Å². The maximum absolute atomic E-state index is 13.4. The van der Waals surface area contributed by atoms with E-state index in [1.54, 1.807) is 18.3 Å². The molecule has 1 aromatic heterocycles. The Morgan fingerprint density at radius 1 is 1.56 bits per heavy atom. The second kappa shape index (κ2) is 3.96. The lowest BCUT2D eigenvalue weighted by atomic mass is 9.97. The highest BCUT2D eigenvalue weighted by molar-refractivity contribution is 5.84. The SMILES string of the molecule is CC(CC(=O)O)c1c[nH]c2c(F)cccc12. The molecule has 1 atom stereocenters. The Labute approximate surface area is 91.9 Å². The van der Waals surface area contributed by atoms with Gasteiger partial charge < -0.3 is 10.1 Å². The molecule has 84 valence electrons. The Morgan fingerprint density at radius 2 is 2.31 bits per heavy atom. The molecule has 2 N–H and O–H groups in total. The molecule has 0 spiro atoms. The quantitative estimate of drug-likeness (QED) is 0.837. The molecular weight excluding hydrogens is 209 g/mol. The van der Waals surface area contributed by atoms with E-state index >= 15 is 0 Å². The number of H-pyrrole nitrogens is 1. The summed E-state index contributed by atoms with van der Waals surface area (Å²) in [6.07, 6.45) is 1.73. The lowest BCUT2D eigenvalue weighted by molar-refractivity contribution is -0.137. The summed E-state index contributed by atoms with van der Waals surface area (Å²) in [4.78, 5) is 13.5. The van der Waals surface area contributed by atoms with E-state index in [1.165, 1.54) is 6.07 Å². The first kappa shape index (κ1) is 10.7. The third-order valence-electron chi connectivity index (χ3n) is 2.71. The number of aromatic amines is 1. The first-order chi connectivity index (χ1) is 7.59. The van der Waals surface area contributed by atoms with Crippen molar-refractivity contribution in [2.75, 3.05) is 0 Å². The molecule has 1 aromatic carbocycles. The van der Waals surface area contributed by atoms with E-state index in [1.807, 2.05) is 6.92 Å². The summed E-state index contributed by atoms with van der Waals surface area (Å²) in [5.74, 6) is -1.29. The number of para-hydroxylation sites is 1. The lowest BCUT2D eigenvalue weighted by Gasteiger charge is -2.06. The van der Waals surface area contributed by atoms with Gasteiger partial charge in [-0.3, -0.25) is 4.79 Å². The Kier molecular flexibility index (Phi) is 2.64. The van der Waals surface area contributed by atoms with Crippen LogP contribution in [0.3, 0.4) is 0 Å². The van der Waals surface area contributed by atoms with Crippen molar-refractivity contribution in [2.24, 2.45) is 0 Å². The zero-order valence-electron chi connectivity index (χ0n) is 8.83. The molecule has 2 rings (SSSR count). The third-order valence-corrected chi connectivity index (χ3v) is 2.71. The molecular formula is C12H12FNO2. The largest absolute Gasteiger partial charge is 0.481 e. The number of hydrogen-bond acceptors (Lipinski definition) is 1. The molecule has 0 saturated carbocycles. The van der Waals surface area contributed by atoms with Crippen LogP contribution < -0.4 is 0 Å². The van der Waals surface area contributed by atoms with Gasteiger partial charge in [0.05, 0.1) is 11.9 Å². The van der Waals surface area contributed by atoms with Crippen molar-refractivity contribution in [3.8, 4) is 0 Å². The number of carbonyl (C=O) groups is 1. The highest BCUT2D eigenvalue weighted by atomic mass is 19.1. The van der Waals surface area contributed by atoms with Crippen LogP contribution in [0.1, 0.15) is 24.8 Å². The minimum Gasteiger partial charge on any atom is -0.481 e. The van der Waals surface area contributed by atoms with Crippen molar-refractivity contribution in [1.82, 2.24) is 4.98 Å². The van der Waals surface area contributed by atoms with Gasteiger partial charge in [0, 0.05) is 11.6 Å². The summed E-state index contributed by atoms with van der Waals surface area (Å²) < 4.78 is 13.4. The fourth-order valence-corrected chi connectivity index (χ4v) is 1.92. The first-order valence-electron chi connectivity index (χ1n) is 5.07. The summed E-state index contributed by atoms with van der Waals surface area (Å²) in [5, 5.41) is 9.48. The molecule has 0 amide bonds. The minimum atomic E-state index is -0.849. The van der Waals surface area contributed by atoms with Gasteiger partial charge in [0.2, 0.25) is 0 Å². The van der Waals surface area contributed by atoms with E-state index in [2.05, 4.69) is 4.98 Å². The summed E-state index contributed by atoms with van der Waals surface area (Å²) in [5.41, 5.74) is 1.28. The van der Waals surface area contributed by atoms with E-state index in [0.29, 0.717) is 5.52 Å². The molecule has 3 nitrogen and oxygen atoms in total. The average Bonchev–Trinajstić information content (AvgIpc) is 2.61. The fourth-order valence-electron chi connectivity index (χ4n) is 1.92. The molecule has 0 fully saturated rings. The number of benzene rings is 1. The Hall–Kier alpha value is -1.84. The van der Waals surface area contributed by atoms with Crippen LogP contribution >= 0.6 is 0 Å². The van der Waals surface area contributed by atoms with Crippen LogP contribution in [0.5, 0.6) is 0 Å². The number of aliphatic carboxylic acids is 1. The highest BCUT2D eigenvalue weighted by Crippen LogP contribution is 2.28. The molecule has 0 radical (unpaired) electrons. The maximum atomic E-state index is 13.4. The summed E-state index contributed by atoms with van der Waals surface area (Å²) in [6, 6.07) is 4.80. The smallest absolute Gasteiger partial charge is 0.303 e. The van der Waals surface area contributed by atoms with Crippen molar-refractivity contribution in [1.29, 1.82) is 0 Å². The normalized spacial score (nSPS) is 12.9. The van der Waals surface area contributed by atoms with Gasteiger partial charge in [-0.05, 0) is 17.5 Å². The summed E-state index contributed by atoms with van der Waals surface area (Å²) in [6.45, 7) is 1.82. The topological polar surface area (TPSA) is 53.1 Å². The molecule has 2 aromatic rings. The number of aromatic nitrogens is 1. The van der Waals surface area contributed by atoms with Crippen LogP contribution in [0.4, 0.5) is 4.39 Å². The number of rotatable bonds is 3.